The van der Waals surface area contributed by atoms with Gasteiger partial charge < -0.3 is 4.74 Å². The molecule has 0 atom stereocenters. The van der Waals surface area contributed by atoms with Gasteiger partial charge in [0, 0.05) is 32.9 Å². The predicted octanol–water partition coefficient (Wildman–Crippen LogP) is 4.62. The lowest BCUT2D eigenvalue weighted by molar-refractivity contribution is 0.0734. The fraction of sp³-hybridized carbons (Fsp3) is 0. The van der Waals surface area contributed by atoms with E-state index >= 15 is 0 Å². The summed E-state index contributed by atoms with van der Waals surface area (Å²) in [7, 11) is 0. The second-order valence-electron chi connectivity index (χ2n) is 6.04. The minimum atomic E-state index is -0.637. The number of azide groups is 1. The zero-order valence-corrected chi connectivity index (χ0v) is 14.3. The summed E-state index contributed by atoms with van der Waals surface area (Å²) >= 11 is 0. The molecule has 4 rings (SSSR count). The summed E-state index contributed by atoms with van der Waals surface area (Å²) < 4.78 is 5.33. The lowest BCUT2D eigenvalue weighted by atomic mass is 9.84. The Labute approximate surface area is 158 Å². The van der Waals surface area contributed by atoms with Crippen LogP contribution in [-0.4, -0.2) is 17.5 Å². The summed E-state index contributed by atoms with van der Waals surface area (Å²) in [6.45, 7) is 0. The number of hydrogen-bond donors (Lipinski definition) is 0. The van der Waals surface area contributed by atoms with Gasteiger partial charge in [-0.25, -0.2) is 4.79 Å². The molecule has 28 heavy (non-hydrogen) atoms. The van der Waals surface area contributed by atoms with Crippen LogP contribution in [0.5, 0.6) is 5.75 Å². The van der Waals surface area contributed by atoms with Crippen molar-refractivity contribution in [2.75, 3.05) is 0 Å². The van der Waals surface area contributed by atoms with E-state index in [2.05, 4.69) is 10.0 Å². The monoisotopic (exact) mass is 369 g/mol. The molecular formula is C21H11N3O4. The number of hydrogen-bond acceptors (Lipinski definition) is 5. The molecule has 0 unspecified atom stereocenters. The van der Waals surface area contributed by atoms with Gasteiger partial charge in [0.2, 0.25) is 0 Å². The van der Waals surface area contributed by atoms with Crippen LogP contribution in [0.1, 0.15) is 42.2 Å². The molecule has 0 aliphatic heterocycles. The molecule has 1 aliphatic carbocycles. The van der Waals surface area contributed by atoms with E-state index in [0.29, 0.717) is 16.8 Å². The molecule has 0 fully saturated rings. The zero-order chi connectivity index (χ0) is 19.7. The third-order valence-corrected chi connectivity index (χ3v) is 4.37. The van der Waals surface area contributed by atoms with Gasteiger partial charge in [-0.05, 0) is 35.9 Å². The fourth-order valence-electron chi connectivity index (χ4n) is 3.02. The first-order chi connectivity index (χ1) is 13.6. The van der Waals surface area contributed by atoms with E-state index in [9.17, 15) is 14.4 Å². The van der Waals surface area contributed by atoms with E-state index in [1.807, 2.05) is 0 Å². The van der Waals surface area contributed by atoms with E-state index in [0.717, 1.165) is 0 Å². The highest BCUT2D eigenvalue weighted by molar-refractivity contribution is 6.28. The summed E-state index contributed by atoms with van der Waals surface area (Å²) in [4.78, 5) is 40.3. The molecule has 0 amide bonds. The number of esters is 1. The van der Waals surface area contributed by atoms with Crippen molar-refractivity contribution in [1.82, 2.24) is 0 Å². The molecule has 7 nitrogen and oxygen atoms in total. The van der Waals surface area contributed by atoms with Gasteiger partial charge >= 0.3 is 5.97 Å². The Morgan fingerprint density at radius 1 is 0.821 bits per heavy atom. The van der Waals surface area contributed by atoms with Crippen LogP contribution in [0.4, 0.5) is 5.69 Å². The van der Waals surface area contributed by atoms with Crippen LogP contribution < -0.4 is 4.74 Å². The molecule has 1 aliphatic rings. The second-order valence-corrected chi connectivity index (χ2v) is 6.04. The quantitative estimate of drug-likeness (QED) is 0.172. The highest BCUT2D eigenvalue weighted by Crippen LogP contribution is 2.30. The van der Waals surface area contributed by atoms with Gasteiger partial charge in [-0.2, -0.15) is 0 Å². The first-order valence-electron chi connectivity index (χ1n) is 8.28. The Hall–Kier alpha value is -4.22. The Balaban J connectivity index is 1.62. The maximum Gasteiger partial charge on any atom is 0.343 e. The molecule has 0 N–H and O–H groups in total. The van der Waals surface area contributed by atoms with Crippen molar-refractivity contribution in [3.8, 4) is 5.75 Å². The third-order valence-electron chi connectivity index (χ3n) is 4.37. The largest absolute Gasteiger partial charge is 0.423 e. The lowest BCUT2D eigenvalue weighted by Gasteiger charge is -2.17. The summed E-state index contributed by atoms with van der Waals surface area (Å²) in [6.07, 6.45) is 0. The fourth-order valence-corrected chi connectivity index (χ4v) is 3.02. The smallest absolute Gasteiger partial charge is 0.343 e. The molecule has 134 valence electrons. The molecule has 3 aromatic rings. The highest BCUT2D eigenvalue weighted by Gasteiger charge is 2.29. The summed E-state index contributed by atoms with van der Waals surface area (Å²) in [6, 6.07) is 16.9. The van der Waals surface area contributed by atoms with Gasteiger partial charge in [-0.1, -0.05) is 41.5 Å². The molecule has 0 bridgehead atoms. The SMILES string of the molecule is [N-]=[N+]=Nc1ccc(C(=O)Oc2ccc3c(c2)C(=O)c2ccccc2C3=O)cc1. The van der Waals surface area contributed by atoms with Gasteiger partial charge in [-0.3, -0.25) is 9.59 Å². The van der Waals surface area contributed by atoms with Crippen molar-refractivity contribution in [2.24, 2.45) is 5.11 Å². The normalized spacial score (nSPS) is 11.9. The highest BCUT2D eigenvalue weighted by atomic mass is 16.5. The van der Waals surface area contributed by atoms with Gasteiger partial charge in [-0.15, -0.1) is 0 Å². The lowest BCUT2D eigenvalue weighted by Crippen LogP contribution is -2.21. The van der Waals surface area contributed by atoms with E-state index in [1.165, 1.54) is 42.5 Å². The standard InChI is InChI=1S/C21H11N3O4/c22-24-23-13-7-5-12(6-8-13)21(27)28-14-9-10-17-18(11-14)20(26)16-4-2-1-3-15(16)19(17)25/h1-11H. The second kappa shape index (κ2) is 6.83. The van der Waals surface area contributed by atoms with Gasteiger partial charge in [0.25, 0.3) is 0 Å². The summed E-state index contributed by atoms with van der Waals surface area (Å²) in [5, 5.41) is 3.43. The topological polar surface area (TPSA) is 109 Å². The van der Waals surface area contributed by atoms with Crippen LogP contribution in [-0.2, 0) is 0 Å². The number of benzene rings is 3. The molecule has 0 radical (unpaired) electrons. The number of ether oxygens (including phenoxy) is 1. The molecule has 7 heteroatoms. The van der Waals surface area contributed by atoms with Crippen molar-refractivity contribution in [2.45, 2.75) is 0 Å². The number of carbonyl (C=O) groups is 3. The Morgan fingerprint density at radius 2 is 1.43 bits per heavy atom. The molecule has 0 spiro atoms. The van der Waals surface area contributed by atoms with Crippen LogP contribution in [0.15, 0.2) is 71.8 Å². The van der Waals surface area contributed by atoms with Crippen molar-refractivity contribution >= 4 is 23.2 Å². The number of carbonyl (C=O) groups excluding carboxylic acids is 3. The predicted molar refractivity (Wildman–Crippen MR) is 100.0 cm³/mol. The van der Waals surface area contributed by atoms with Crippen molar-refractivity contribution in [1.29, 1.82) is 0 Å². The van der Waals surface area contributed by atoms with E-state index in [-0.39, 0.29) is 34.0 Å². The molecule has 0 saturated carbocycles. The van der Waals surface area contributed by atoms with Crippen LogP contribution in [0.2, 0.25) is 0 Å². The average Bonchev–Trinajstić information content (AvgIpc) is 2.73. The molecule has 0 saturated heterocycles. The first-order valence-corrected chi connectivity index (χ1v) is 8.28. The van der Waals surface area contributed by atoms with Gasteiger partial charge in [0.1, 0.15) is 5.75 Å². The first kappa shape index (κ1) is 17.2. The summed E-state index contributed by atoms with van der Waals surface area (Å²) in [5.74, 6) is -1.01. The number of fused-ring (bicyclic) bond motifs is 2. The number of ketones is 2. The van der Waals surface area contributed by atoms with Gasteiger partial charge in [0.05, 0.1) is 5.56 Å². The molecule has 0 heterocycles. The average molecular weight is 369 g/mol. The van der Waals surface area contributed by atoms with Crippen LogP contribution in [0.3, 0.4) is 0 Å². The van der Waals surface area contributed by atoms with E-state index < -0.39 is 5.97 Å². The molecule has 3 aromatic carbocycles. The van der Waals surface area contributed by atoms with Crippen LogP contribution in [0, 0.1) is 0 Å². The van der Waals surface area contributed by atoms with Gasteiger partial charge in [0.15, 0.2) is 11.6 Å². The molecular weight excluding hydrogens is 358 g/mol. The van der Waals surface area contributed by atoms with E-state index in [1.54, 1.807) is 24.3 Å². The zero-order valence-electron chi connectivity index (χ0n) is 14.3. The van der Waals surface area contributed by atoms with E-state index in [4.69, 9.17) is 10.3 Å². The molecule has 0 aromatic heterocycles. The van der Waals surface area contributed by atoms with Crippen molar-refractivity contribution < 1.29 is 19.1 Å². The maximum atomic E-state index is 12.7. The van der Waals surface area contributed by atoms with Crippen molar-refractivity contribution in [3.63, 3.8) is 0 Å². The minimum absolute atomic E-state index is 0.156. The van der Waals surface area contributed by atoms with Crippen LogP contribution >= 0.6 is 0 Å². The Bertz CT molecular complexity index is 1190. The maximum absolute atomic E-state index is 12.7. The number of rotatable bonds is 3. The minimum Gasteiger partial charge on any atom is -0.423 e. The number of nitrogens with zero attached hydrogens (tertiary/aromatic N) is 3. The van der Waals surface area contributed by atoms with Crippen molar-refractivity contribution in [3.05, 3.63) is 105 Å². The van der Waals surface area contributed by atoms with Crippen LogP contribution in [0.25, 0.3) is 10.4 Å². The summed E-state index contributed by atoms with van der Waals surface area (Å²) in [5.41, 5.74) is 10.2. The Kier molecular flexibility index (Phi) is 4.20. The Morgan fingerprint density at radius 3 is 2.07 bits per heavy atom. The third kappa shape index (κ3) is 2.92.